The van der Waals surface area contributed by atoms with Crippen molar-refractivity contribution in [3.05, 3.63) is 58.7 Å². The Labute approximate surface area is 213 Å². The zero-order valence-electron chi connectivity index (χ0n) is 21.9. The molecule has 2 aliphatic rings. The predicted molar refractivity (Wildman–Crippen MR) is 140 cm³/mol. The number of hydrogen-bond donors (Lipinski definition) is 0. The second-order valence-corrected chi connectivity index (χ2v) is 9.64. The summed E-state index contributed by atoms with van der Waals surface area (Å²) in [5.74, 6) is 2.00. The number of methoxy groups -OCH3 is 3. The van der Waals surface area contributed by atoms with E-state index < -0.39 is 0 Å². The molecular weight excluding hydrogens is 456 g/mol. The van der Waals surface area contributed by atoms with Gasteiger partial charge in [0.15, 0.2) is 0 Å². The molecule has 1 fully saturated rings. The molecule has 0 aromatic heterocycles. The van der Waals surface area contributed by atoms with Crippen molar-refractivity contribution in [1.82, 2.24) is 9.80 Å². The Kier molecular flexibility index (Phi) is 7.87. The van der Waals surface area contributed by atoms with E-state index in [1.807, 2.05) is 47.9 Å². The van der Waals surface area contributed by atoms with Crippen LogP contribution < -0.4 is 14.2 Å². The van der Waals surface area contributed by atoms with Crippen molar-refractivity contribution in [1.29, 1.82) is 0 Å². The molecule has 2 aromatic rings. The number of benzene rings is 2. The lowest BCUT2D eigenvalue weighted by atomic mass is 9.93. The van der Waals surface area contributed by atoms with Gasteiger partial charge in [0.05, 0.1) is 32.8 Å². The number of ether oxygens (including phenoxy) is 3. The van der Waals surface area contributed by atoms with Crippen LogP contribution in [-0.4, -0.2) is 69.1 Å². The standard InChI is InChI=1S/C29H36N2O5/c1-19-13-20(2)15-23(14-19)29(33)31-10-6-7-22(18-31)28(32)30-11-8-21(9-12-30)27-25(35-4)16-24(34-3)17-26(27)36-5/h8,13-17,22H,6-7,9-12,18H2,1-5H3. The van der Waals surface area contributed by atoms with Crippen LogP contribution >= 0.6 is 0 Å². The van der Waals surface area contributed by atoms with E-state index in [1.165, 1.54) is 0 Å². The highest BCUT2D eigenvalue weighted by molar-refractivity contribution is 5.95. The molecular formula is C29H36N2O5. The molecule has 7 nitrogen and oxygen atoms in total. The third kappa shape index (κ3) is 5.35. The number of amides is 2. The number of rotatable bonds is 6. The van der Waals surface area contributed by atoms with E-state index in [1.54, 1.807) is 21.3 Å². The summed E-state index contributed by atoms with van der Waals surface area (Å²) in [7, 11) is 4.87. The van der Waals surface area contributed by atoms with Gasteiger partial charge < -0.3 is 24.0 Å². The maximum Gasteiger partial charge on any atom is 0.253 e. The highest BCUT2D eigenvalue weighted by Gasteiger charge is 2.33. The topological polar surface area (TPSA) is 68.3 Å². The molecule has 0 saturated carbocycles. The van der Waals surface area contributed by atoms with Gasteiger partial charge in [-0.3, -0.25) is 9.59 Å². The summed E-state index contributed by atoms with van der Waals surface area (Å²) < 4.78 is 16.6. The Morgan fingerprint density at radius 2 is 1.53 bits per heavy atom. The lowest BCUT2D eigenvalue weighted by Crippen LogP contribution is -2.47. The summed E-state index contributed by atoms with van der Waals surface area (Å²) in [6.45, 7) is 6.30. The fourth-order valence-corrected chi connectivity index (χ4v) is 5.32. The molecule has 36 heavy (non-hydrogen) atoms. The average molecular weight is 493 g/mol. The Bertz CT molecular complexity index is 1130. The molecule has 1 saturated heterocycles. The van der Waals surface area contributed by atoms with Crippen LogP contribution in [0.2, 0.25) is 0 Å². The zero-order chi connectivity index (χ0) is 25.8. The van der Waals surface area contributed by atoms with E-state index in [0.29, 0.717) is 55.4 Å². The van der Waals surface area contributed by atoms with Crippen LogP contribution in [0.1, 0.15) is 46.3 Å². The largest absolute Gasteiger partial charge is 0.496 e. The second-order valence-electron chi connectivity index (χ2n) is 9.64. The number of nitrogens with zero attached hydrogens (tertiary/aromatic N) is 2. The van der Waals surface area contributed by atoms with Gasteiger partial charge in [-0.15, -0.1) is 0 Å². The number of aryl methyl sites for hydroxylation is 2. The van der Waals surface area contributed by atoms with Crippen molar-refractivity contribution in [2.24, 2.45) is 5.92 Å². The van der Waals surface area contributed by atoms with Crippen LogP contribution in [0.5, 0.6) is 17.2 Å². The summed E-state index contributed by atoms with van der Waals surface area (Å²) in [4.78, 5) is 30.4. The van der Waals surface area contributed by atoms with Crippen molar-refractivity contribution in [2.75, 3.05) is 47.5 Å². The highest BCUT2D eigenvalue weighted by Crippen LogP contribution is 2.41. The first-order valence-electron chi connectivity index (χ1n) is 12.5. The third-order valence-corrected chi connectivity index (χ3v) is 7.08. The first-order valence-corrected chi connectivity index (χ1v) is 12.5. The minimum Gasteiger partial charge on any atom is -0.496 e. The summed E-state index contributed by atoms with van der Waals surface area (Å²) in [6, 6.07) is 9.62. The van der Waals surface area contributed by atoms with Gasteiger partial charge in [-0.25, -0.2) is 0 Å². The van der Waals surface area contributed by atoms with E-state index in [4.69, 9.17) is 14.2 Å². The van der Waals surface area contributed by atoms with Crippen LogP contribution in [0.4, 0.5) is 0 Å². The molecule has 2 aliphatic heterocycles. The van der Waals surface area contributed by atoms with Gasteiger partial charge in [0, 0.05) is 43.9 Å². The van der Waals surface area contributed by atoms with Crippen LogP contribution in [-0.2, 0) is 4.79 Å². The molecule has 0 radical (unpaired) electrons. The molecule has 2 amide bonds. The molecule has 0 spiro atoms. The van der Waals surface area contributed by atoms with Crippen molar-refractivity contribution < 1.29 is 23.8 Å². The summed E-state index contributed by atoms with van der Waals surface area (Å²) >= 11 is 0. The fourth-order valence-electron chi connectivity index (χ4n) is 5.32. The van der Waals surface area contributed by atoms with Gasteiger partial charge in [-0.2, -0.15) is 0 Å². The third-order valence-electron chi connectivity index (χ3n) is 7.08. The van der Waals surface area contributed by atoms with Crippen molar-refractivity contribution in [2.45, 2.75) is 33.1 Å². The fraction of sp³-hybridized carbons (Fsp3) is 0.448. The number of carbonyl (C=O) groups excluding carboxylic acids is 2. The van der Waals surface area contributed by atoms with E-state index in [0.717, 1.165) is 35.1 Å². The maximum absolute atomic E-state index is 13.4. The normalized spacial score (nSPS) is 17.9. The molecule has 2 aromatic carbocycles. The summed E-state index contributed by atoms with van der Waals surface area (Å²) in [5, 5.41) is 0. The molecule has 7 heteroatoms. The monoisotopic (exact) mass is 492 g/mol. The summed E-state index contributed by atoms with van der Waals surface area (Å²) in [5.41, 5.74) is 4.84. The molecule has 2 heterocycles. The second kappa shape index (κ2) is 11.1. The van der Waals surface area contributed by atoms with E-state index in [9.17, 15) is 9.59 Å². The van der Waals surface area contributed by atoms with Gasteiger partial charge >= 0.3 is 0 Å². The van der Waals surface area contributed by atoms with Crippen molar-refractivity contribution >= 4 is 17.4 Å². The van der Waals surface area contributed by atoms with E-state index in [2.05, 4.69) is 12.1 Å². The molecule has 0 N–H and O–H groups in total. The Balaban J connectivity index is 1.46. The lowest BCUT2D eigenvalue weighted by Gasteiger charge is -2.36. The molecule has 0 bridgehead atoms. The van der Waals surface area contributed by atoms with Crippen LogP contribution in [0.3, 0.4) is 0 Å². The van der Waals surface area contributed by atoms with Gasteiger partial charge in [-0.05, 0) is 50.8 Å². The molecule has 192 valence electrons. The number of hydrogen-bond acceptors (Lipinski definition) is 5. The number of piperidine rings is 1. The smallest absolute Gasteiger partial charge is 0.253 e. The molecule has 1 atom stereocenters. The highest BCUT2D eigenvalue weighted by atomic mass is 16.5. The van der Waals surface area contributed by atoms with E-state index >= 15 is 0 Å². The van der Waals surface area contributed by atoms with Crippen molar-refractivity contribution in [3.8, 4) is 17.2 Å². The van der Waals surface area contributed by atoms with E-state index in [-0.39, 0.29) is 17.7 Å². The first kappa shape index (κ1) is 25.6. The van der Waals surface area contributed by atoms with Gasteiger partial charge in [0.2, 0.25) is 5.91 Å². The zero-order valence-corrected chi connectivity index (χ0v) is 21.9. The number of carbonyl (C=O) groups is 2. The summed E-state index contributed by atoms with van der Waals surface area (Å²) in [6.07, 6.45) is 4.42. The molecule has 0 aliphatic carbocycles. The SMILES string of the molecule is COc1cc(OC)c(C2=CCN(C(=O)C3CCCN(C(=O)c4cc(C)cc(C)c4)C3)CC2)c(OC)c1. The van der Waals surface area contributed by atoms with Crippen LogP contribution in [0, 0.1) is 19.8 Å². The predicted octanol–water partition coefficient (Wildman–Crippen LogP) is 4.50. The molecule has 1 unspecified atom stereocenters. The Morgan fingerprint density at radius 3 is 2.08 bits per heavy atom. The van der Waals surface area contributed by atoms with Crippen LogP contribution in [0.25, 0.3) is 5.57 Å². The van der Waals surface area contributed by atoms with Crippen molar-refractivity contribution in [3.63, 3.8) is 0 Å². The Hall–Kier alpha value is -3.48. The maximum atomic E-state index is 13.4. The first-order chi connectivity index (χ1) is 17.3. The molecule has 4 rings (SSSR count). The van der Waals surface area contributed by atoms with Crippen LogP contribution in [0.15, 0.2) is 36.4 Å². The van der Waals surface area contributed by atoms with Gasteiger partial charge in [0.25, 0.3) is 5.91 Å². The van der Waals surface area contributed by atoms with Gasteiger partial charge in [0.1, 0.15) is 17.2 Å². The minimum absolute atomic E-state index is 0.0128. The average Bonchev–Trinajstić information content (AvgIpc) is 2.91. The van der Waals surface area contributed by atoms with Gasteiger partial charge in [-0.1, -0.05) is 23.3 Å². The Morgan fingerprint density at radius 1 is 0.861 bits per heavy atom. The lowest BCUT2D eigenvalue weighted by molar-refractivity contribution is -0.136. The quantitative estimate of drug-likeness (QED) is 0.594. The minimum atomic E-state index is -0.173. The number of likely N-dealkylation sites (tertiary alicyclic amines) is 1.